The van der Waals surface area contributed by atoms with Crippen LogP contribution >= 0.6 is 12.4 Å². The first kappa shape index (κ1) is 20.5. The molecule has 3 heterocycles. The first-order chi connectivity index (χ1) is 11.8. The van der Waals surface area contributed by atoms with Gasteiger partial charge in [-0.3, -0.25) is 14.2 Å². The Morgan fingerprint density at radius 2 is 1.85 bits per heavy atom. The van der Waals surface area contributed by atoms with Gasteiger partial charge in [0.05, 0.1) is 24.4 Å². The number of aryl methyl sites for hydroxylation is 2. The molecule has 1 fully saturated rings. The number of aromatic nitrogens is 4. The van der Waals surface area contributed by atoms with Crippen molar-refractivity contribution < 1.29 is 4.79 Å². The molecule has 1 amide bonds. The summed E-state index contributed by atoms with van der Waals surface area (Å²) in [6, 6.07) is -0.0798. The molecule has 0 spiro atoms. The molecular weight excluding hydrogens is 352 g/mol. The van der Waals surface area contributed by atoms with Crippen LogP contribution in [0.1, 0.15) is 43.9 Å². The fourth-order valence-corrected chi connectivity index (χ4v) is 3.57. The van der Waals surface area contributed by atoms with Crippen LogP contribution in [0.4, 0.5) is 0 Å². The van der Waals surface area contributed by atoms with E-state index in [0.717, 1.165) is 17.7 Å². The van der Waals surface area contributed by atoms with Crippen molar-refractivity contribution in [3.8, 4) is 0 Å². The van der Waals surface area contributed by atoms with Crippen LogP contribution in [-0.2, 0) is 18.9 Å². The van der Waals surface area contributed by atoms with Crippen molar-refractivity contribution >= 4 is 18.3 Å². The summed E-state index contributed by atoms with van der Waals surface area (Å²) in [4.78, 5) is 13.1. The van der Waals surface area contributed by atoms with Crippen molar-refractivity contribution in [1.29, 1.82) is 0 Å². The van der Waals surface area contributed by atoms with Crippen LogP contribution < -0.4 is 10.6 Å². The second-order valence-electron chi connectivity index (χ2n) is 8.07. The minimum absolute atomic E-state index is 0. The van der Waals surface area contributed by atoms with Gasteiger partial charge in [0.2, 0.25) is 5.91 Å². The molecule has 144 valence electrons. The number of hydrogen-bond acceptors (Lipinski definition) is 4. The van der Waals surface area contributed by atoms with Gasteiger partial charge in [0.15, 0.2) is 0 Å². The first-order valence-corrected chi connectivity index (χ1v) is 8.74. The molecule has 1 aliphatic rings. The zero-order chi connectivity index (χ0) is 18.2. The summed E-state index contributed by atoms with van der Waals surface area (Å²) in [6.45, 7) is 7.90. The van der Waals surface area contributed by atoms with Crippen molar-refractivity contribution in [1.82, 2.24) is 30.2 Å². The van der Waals surface area contributed by atoms with Gasteiger partial charge in [0.1, 0.15) is 0 Å². The number of rotatable bonds is 4. The zero-order valence-corrected chi connectivity index (χ0v) is 16.9. The fourth-order valence-electron chi connectivity index (χ4n) is 3.57. The van der Waals surface area contributed by atoms with Gasteiger partial charge in [-0.2, -0.15) is 10.2 Å². The normalized spacial score (nSPS) is 21.3. The van der Waals surface area contributed by atoms with Crippen molar-refractivity contribution in [2.45, 2.75) is 32.7 Å². The predicted octanol–water partition coefficient (Wildman–Crippen LogP) is 1.78. The summed E-state index contributed by atoms with van der Waals surface area (Å²) in [7, 11) is 3.80. The minimum Gasteiger partial charge on any atom is -0.348 e. The molecule has 0 aliphatic carbocycles. The highest BCUT2D eigenvalue weighted by molar-refractivity contribution is 5.85. The third-order valence-electron chi connectivity index (χ3n) is 4.91. The molecule has 7 nitrogen and oxygen atoms in total. The Kier molecular flexibility index (Phi) is 6.13. The average molecular weight is 381 g/mol. The lowest BCUT2D eigenvalue weighted by Crippen LogP contribution is -2.41. The molecule has 1 unspecified atom stereocenters. The lowest BCUT2D eigenvalue weighted by Gasteiger charge is -2.32. The summed E-state index contributed by atoms with van der Waals surface area (Å²) < 4.78 is 3.56. The molecule has 0 aromatic carbocycles. The Morgan fingerprint density at radius 1 is 1.19 bits per heavy atom. The van der Waals surface area contributed by atoms with Crippen LogP contribution in [0.2, 0.25) is 0 Å². The number of carbonyl (C=O) groups is 1. The number of nitrogens with zero attached hydrogens (tertiary/aromatic N) is 4. The van der Waals surface area contributed by atoms with E-state index in [1.165, 1.54) is 0 Å². The quantitative estimate of drug-likeness (QED) is 0.847. The van der Waals surface area contributed by atoms with Crippen molar-refractivity contribution in [3.05, 3.63) is 35.9 Å². The first-order valence-electron chi connectivity index (χ1n) is 8.74. The summed E-state index contributed by atoms with van der Waals surface area (Å²) in [5.41, 5.74) is 2.04. The maximum absolute atomic E-state index is 13.1. The maximum Gasteiger partial charge on any atom is 0.225 e. The molecule has 2 N–H and O–H groups in total. The standard InChI is InChI=1S/C18H28N6O.ClH/c1-18(2,3)16(13-7-21-24(5)11-13)22-17(25)15-9-19-8-14(15)12-6-20-23(4)10-12;/h6-7,10-11,14-16,19H,8-9H2,1-5H3,(H,22,25);1H/t14-,15+,16?;/m1./s1. The third kappa shape index (κ3) is 4.27. The Balaban J connectivity index is 0.00000243. The van der Waals surface area contributed by atoms with E-state index in [-0.39, 0.29) is 41.6 Å². The van der Waals surface area contributed by atoms with E-state index in [1.807, 2.05) is 38.9 Å². The van der Waals surface area contributed by atoms with Gasteiger partial charge < -0.3 is 10.6 Å². The molecule has 1 aliphatic heterocycles. The van der Waals surface area contributed by atoms with Gasteiger partial charge in [-0.1, -0.05) is 20.8 Å². The number of nitrogens with one attached hydrogen (secondary N) is 2. The van der Waals surface area contributed by atoms with E-state index in [4.69, 9.17) is 0 Å². The van der Waals surface area contributed by atoms with E-state index in [2.05, 4.69) is 41.6 Å². The van der Waals surface area contributed by atoms with Crippen molar-refractivity contribution in [2.75, 3.05) is 13.1 Å². The lowest BCUT2D eigenvalue weighted by atomic mass is 9.82. The second kappa shape index (κ2) is 7.80. The van der Waals surface area contributed by atoms with Crippen LogP contribution in [0.5, 0.6) is 0 Å². The monoisotopic (exact) mass is 380 g/mol. The Labute approximate surface area is 160 Å². The van der Waals surface area contributed by atoms with Crippen LogP contribution in [0.15, 0.2) is 24.8 Å². The second-order valence-corrected chi connectivity index (χ2v) is 8.07. The maximum atomic E-state index is 13.1. The molecular formula is C18H29ClN6O. The zero-order valence-electron chi connectivity index (χ0n) is 16.1. The molecule has 3 rings (SSSR count). The van der Waals surface area contributed by atoms with Crippen LogP contribution in [0, 0.1) is 11.3 Å². The topological polar surface area (TPSA) is 76.8 Å². The van der Waals surface area contributed by atoms with Crippen molar-refractivity contribution in [3.63, 3.8) is 0 Å². The number of carbonyl (C=O) groups excluding carboxylic acids is 1. The Hall–Kier alpha value is -1.86. The Bertz CT molecular complexity index is 747. The van der Waals surface area contributed by atoms with Crippen LogP contribution in [0.25, 0.3) is 0 Å². The van der Waals surface area contributed by atoms with Crippen LogP contribution in [0.3, 0.4) is 0 Å². The largest absolute Gasteiger partial charge is 0.348 e. The summed E-state index contributed by atoms with van der Waals surface area (Å²) in [5, 5.41) is 15.1. The van der Waals surface area contributed by atoms with E-state index in [1.54, 1.807) is 9.36 Å². The summed E-state index contributed by atoms with van der Waals surface area (Å²) >= 11 is 0. The van der Waals surface area contributed by atoms with E-state index in [9.17, 15) is 4.79 Å². The molecule has 0 radical (unpaired) electrons. The molecule has 1 saturated heterocycles. The average Bonchev–Trinajstić information content (AvgIpc) is 3.23. The van der Waals surface area contributed by atoms with Gasteiger partial charge >= 0.3 is 0 Å². The molecule has 8 heteroatoms. The fraction of sp³-hybridized carbons (Fsp3) is 0.611. The summed E-state index contributed by atoms with van der Waals surface area (Å²) in [6.07, 6.45) is 7.67. The highest BCUT2D eigenvalue weighted by atomic mass is 35.5. The lowest BCUT2D eigenvalue weighted by molar-refractivity contribution is -0.126. The molecule has 0 bridgehead atoms. The third-order valence-corrected chi connectivity index (χ3v) is 4.91. The molecule has 2 aromatic rings. The van der Waals surface area contributed by atoms with Gasteiger partial charge in [-0.05, 0) is 11.0 Å². The minimum atomic E-state index is -0.103. The van der Waals surface area contributed by atoms with Crippen LogP contribution in [-0.4, -0.2) is 38.6 Å². The number of halogens is 1. The number of hydrogen-bond donors (Lipinski definition) is 2. The van der Waals surface area contributed by atoms with Gasteiger partial charge in [-0.15, -0.1) is 12.4 Å². The Morgan fingerprint density at radius 3 is 2.38 bits per heavy atom. The SMILES string of the molecule is Cl.Cn1cc(C(NC(=O)[C@H]2CNC[C@@H]2c2cnn(C)c2)C(C)(C)C)cn1. The molecule has 0 saturated carbocycles. The molecule has 2 aromatic heterocycles. The molecule has 3 atom stereocenters. The van der Waals surface area contributed by atoms with Gasteiger partial charge in [-0.25, -0.2) is 0 Å². The highest BCUT2D eigenvalue weighted by Crippen LogP contribution is 2.34. The van der Waals surface area contributed by atoms with Gasteiger partial charge in [0, 0.05) is 51.1 Å². The van der Waals surface area contributed by atoms with E-state index >= 15 is 0 Å². The van der Waals surface area contributed by atoms with Crippen molar-refractivity contribution in [2.24, 2.45) is 25.4 Å². The highest BCUT2D eigenvalue weighted by Gasteiger charge is 2.37. The number of amides is 1. The smallest absolute Gasteiger partial charge is 0.225 e. The van der Waals surface area contributed by atoms with E-state index in [0.29, 0.717) is 6.54 Å². The van der Waals surface area contributed by atoms with Gasteiger partial charge in [0.25, 0.3) is 0 Å². The summed E-state index contributed by atoms with van der Waals surface area (Å²) in [5.74, 6) is 0.150. The van der Waals surface area contributed by atoms with E-state index < -0.39 is 0 Å². The predicted molar refractivity (Wildman–Crippen MR) is 103 cm³/mol. The molecule has 26 heavy (non-hydrogen) atoms.